The molecule has 1 aromatic heterocycles. The van der Waals surface area contributed by atoms with Gasteiger partial charge >= 0.3 is 0 Å². The second-order valence-corrected chi connectivity index (χ2v) is 3.54. The molecular weight excluding hydrogens is 178 g/mol. The number of anilines is 1. The lowest BCUT2D eigenvalue weighted by Crippen LogP contribution is -2.42. The van der Waals surface area contributed by atoms with Gasteiger partial charge in [-0.1, -0.05) is 0 Å². The zero-order valence-electron chi connectivity index (χ0n) is 8.55. The molecule has 0 radical (unpaired) electrons. The summed E-state index contributed by atoms with van der Waals surface area (Å²) in [5.41, 5.74) is 0. The minimum atomic E-state index is 0.843. The Morgan fingerprint density at radius 1 is 1.43 bits per heavy atom. The molecule has 78 valence electrons. The average molecular weight is 195 g/mol. The molecule has 0 aliphatic carbocycles. The number of hydrogen-bond acceptors (Lipinski definition) is 4. The SMILES string of the molecule is CNc1ccc(CN2CCNCC2)o1. The summed E-state index contributed by atoms with van der Waals surface area (Å²) in [5.74, 6) is 1.88. The van der Waals surface area contributed by atoms with E-state index in [0.717, 1.165) is 44.4 Å². The van der Waals surface area contributed by atoms with Gasteiger partial charge in [0.05, 0.1) is 6.54 Å². The summed E-state index contributed by atoms with van der Waals surface area (Å²) in [6, 6.07) is 4.01. The predicted molar refractivity (Wildman–Crippen MR) is 56.4 cm³/mol. The van der Waals surface area contributed by atoms with Gasteiger partial charge in [-0.3, -0.25) is 4.90 Å². The summed E-state index contributed by atoms with van der Waals surface area (Å²) in [5, 5.41) is 6.32. The molecule has 1 aliphatic heterocycles. The van der Waals surface area contributed by atoms with Gasteiger partial charge < -0.3 is 15.1 Å². The van der Waals surface area contributed by atoms with Crippen molar-refractivity contribution in [2.45, 2.75) is 6.54 Å². The van der Waals surface area contributed by atoms with Crippen LogP contribution in [0.15, 0.2) is 16.5 Å². The molecule has 1 fully saturated rings. The summed E-state index contributed by atoms with van der Waals surface area (Å²) in [6.45, 7) is 5.30. The van der Waals surface area contributed by atoms with Gasteiger partial charge in [-0.05, 0) is 6.07 Å². The lowest BCUT2D eigenvalue weighted by Gasteiger charge is -2.26. The summed E-state index contributed by atoms with van der Waals surface area (Å²) in [7, 11) is 1.87. The first-order valence-electron chi connectivity index (χ1n) is 5.08. The molecule has 1 aromatic rings. The lowest BCUT2D eigenvalue weighted by atomic mass is 10.3. The first-order chi connectivity index (χ1) is 6.88. The number of piperazine rings is 1. The molecule has 4 heteroatoms. The Hall–Kier alpha value is -1.00. The highest BCUT2D eigenvalue weighted by Gasteiger charge is 2.11. The maximum Gasteiger partial charge on any atom is 0.192 e. The normalized spacial score (nSPS) is 18.4. The highest BCUT2D eigenvalue weighted by atomic mass is 16.4. The van der Waals surface area contributed by atoms with Gasteiger partial charge in [-0.15, -0.1) is 0 Å². The molecule has 14 heavy (non-hydrogen) atoms. The number of hydrogen-bond donors (Lipinski definition) is 2. The van der Waals surface area contributed by atoms with E-state index in [0.29, 0.717) is 0 Å². The molecule has 4 nitrogen and oxygen atoms in total. The van der Waals surface area contributed by atoms with Crippen LogP contribution in [0.1, 0.15) is 5.76 Å². The van der Waals surface area contributed by atoms with Gasteiger partial charge in [-0.2, -0.15) is 0 Å². The Kier molecular flexibility index (Phi) is 3.06. The van der Waals surface area contributed by atoms with E-state index in [1.54, 1.807) is 0 Å². The van der Waals surface area contributed by atoms with E-state index in [4.69, 9.17) is 4.42 Å². The van der Waals surface area contributed by atoms with E-state index in [1.165, 1.54) is 0 Å². The first kappa shape index (κ1) is 9.55. The van der Waals surface area contributed by atoms with Crippen LogP contribution in [0.5, 0.6) is 0 Å². The monoisotopic (exact) mass is 195 g/mol. The van der Waals surface area contributed by atoms with Crippen molar-refractivity contribution in [3.63, 3.8) is 0 Å². The third-order valence-corrected chi connectivity index (χ3v) is 2.50. The second kappa shape index (κ2) is 4.48. The highest BCUT2D eigenvalue weighted by Crippen LogP contribution is 2.14. The van der Waals surface area contributed by atoms with Crippen molar-refractivity contribution in [3.05, 3.63) is 17.9 Å². The molecule has 2 rings (SSSR count). The van der Waals surface area contributed by atoms with Crippen molar-refractivity contribution >= 4 is 5.88 Å². The van der Waals surface area contributed by atoms with Crippen LogP contribution in [0.4, 0.5) is 5.88 Å². The van der Waals surface area contributed by atoms with E-state index in [9.17, 15) is 0 Å². The minimum absolute atomic E-state index is 0.843. The molecule has 0 bridgehead atoms. The molecule has 1 saturated heterocycles. The van der Waals surface area contributed by atoms with E-state index >= 15 is 0 Å². The second-order valence-electron chi connectivity index (χ2n) is 3.54. The number of nitrogens with zero attached hydrogens (tertiary/aromatic N) is 1. The zero-order valence-corrected chi connectivity index (χ0v) is 8.55. The van der Waals surface area contributed by atoms with E-state index in [-0.39, 0.29) is 0 Å². The molecule has 2 heterocycles. The summed E-state index contributed by atoms with van der Waals surface area (Å²) >= 11 is 0. The van der Waals surface area contributed by atoms with Crippen molar-refractivity contribution in [3.8, 4) is 0 Å². The van der Waals surface area contributed by atoms with Gasteiger partial charge in [0.15, 0.2) is 5.88 Å². The molecule has 0 atom stereocenters. The maximum absolute atomic E-state index is 5.56. The summed E-state index contributed by atoms with van der Waals surface area (Å²) in [6.07, 6.45) is 0. The Bertz CT molecular complexity index is 279. The van der Waals surface area contributed by atoms with Crippen molar-refractivity contribution in [1.82, 2.24) is 10.2 Å². The molecular formula is C10H17N3O. The van der Waals surface area contributed by atoms with Crippen LogP contribution in [0, 0.1) is 0 Å². The smallest absolute Gasteiger partial charge is 0.192 e. The fraction of sp³-hybridized carbons (Fsp3) is 0.600. The molecule has 1 aliphatic rings. The van der Waals surface area contributed by atoms with Crippen LogP contribution in [0.2, 0.25) is 0 Å². The van der Waals surface area contributed by atoms with E-state index in [1.807, 2.05) is 19.2 Å². The lowest BCUT2D eigenvalue weighted by molar-refractivity contribution is 0.217. The predicted octanol–water partition coefficient (Wildman–Crippen LogP) is 0.726. The van der Waals surface area contributed by atoms with Crippen molar-refractivity contribution in [2.75, 3.05) is 38.5 Å². The summed E-state index contributed by atoms with van der Waals surface area (Å²) in [4.78, 5) is 2.40. The third kappa shape index (κ3) is 2.27. The van der Waals surface area contributed by atoms with Gasteiger partial charge in [0.2, 0.25) is 0 Å². The van der Waals surface area contributed by atoms with Crippen LogP contribution in [-0.2, 0) is 6.54 Å². The molecule has 0 spiro atoms. The Morgan fingerprint density at radius 3 is 2.86 bits per heavy atom. The van der Waals surface area contributed by atoms with Crippen LogP contribution in [0.25, 0.3) is 0 Å². The average Bonchev–Trinajstić information content (AvgIpc) is 2.67. The molecule has 0 saturated carbocycles. The zero-order chi connectivity index (χ0) is 9.80. The Balaban J connectivity index is 1.89. The van der Waals surface area contributed by atoms with Crippen LogP contribution >= 0.6 is 0 Å². The highest BCUT2D eigenvalue weighted by molar-refractivity contribution is 5.30. The van der Waals surface area contributed by atoms with Crippen LogP contribution in [-0.4, -0.2) is 38.1 Å². The largest absolute Gasteiger partial charge is 0.444 e. The van der Waals surface area contributed by atoms with Gasteiger partial charge in [0.25, 0.3) is 0 Å². The standard InChI is InChI=1S/C10H17N3O/c1-11-10-3-2-9(14-10)8-13-6-4-12-5-7-13/h2-3,11-12H,4-8H2,1H3. The van der Waals surface area contributed by atoms with Gasteiger partial charge in [0.1, 0.15) is 5.76 Å². The van der Waals surface area contributed by atoms with Crippen molar-refractivity contribution in [2.24, 2.45) is 0 Å². The van der Waals surface area contributed by atoms with Crippen molar-refractivity contribution < 1.29 is 4.42 Å². The van der Waals surface area contributed by atoms with Crippen molar-refractivity contribution in [1.29, 1.82) is 0 Å². The third-order valence-electron chi connectivity index (χ3n) is 2.50. The van der Waals surface area contributed by atoms with Gasteiger partial charge in [-0.25, -0.2) is 0 Å². The topological polar surface area (TPSA) is 40.4 Å². The number of rotatable bonds is 3. The van der Waals surface area contributed by atoms with Crippen LogP contribution in [0.3, 0.4) is 0 Å². The Labute approximate surface area is 84.3 Å². The van der Waals surface area contributed by atoms with Crippen LogP contribution < -0.4 is 10.6 Å². The molecule has 0 aromatic carbocycles. The number of furan rings is 1. The van der Waals surface area contributed by atoms with E-state index < -0.39 is 0 Å². The van der Waals surface area contributed by atoms with E-state index in [2.05, 4.69) is 15.5 Å². The quantitative estimate of drug-likeness (QED) is 0.746. The minimum Gasteiger partial charge on any atom is -0.444 e. The van der Waals surface area contributed by atoms with Gasteiger partial charge in [0, 0.05) is 39.3 Å². The first-order valence-corrected chi connectivity index (χ1v) is 5.08. The maximum atomic E-state index is 5.56. The summed E-state index contributed by atoms with van der Waals surface area (Å²) < 4.78 is 5.56. The number of nitrogens with one attached hydrogen (secondary N) is 2. The molecule has 0 unspecified atom stereocenters. The molecule has 2 N–H and O–H groups in total. The fourth-order valence-corrected chi connectivity index (χ4v) is 1.69. The fourth-order valence-electron chi connectivity index (χ4n) is 1.69. The Morgan fingerprint density at radius 2 is 2.21 bits per heavy atom. The molecule has 0 amide bonds.